The lowest BCUT2D eigenvalue weighted by Crippen LogP contribution is -2.20. The zero-order valence-corrected chi connectivity index (χ0v) is 16.9. The lowest BCUT2D eigenvalue weighted by molar-refractivity contribution is -0.118. The fourth-order valence-electron chi connectivity index (χ4n) is 2.76. The molecule has 0 unspecified atom stereocenters. The Bertz CT molecular complexity index is 1160. The Morgan fingerprint density at radius 2 is 1.80 bits per heavy atom. The first kappa shape index (κ1) is 19.7. The van der Waals surface area contributed by atoms with Gasteiger partial charge in [0.1, 0.15) is 5.75 Å². The number of halogens is 1. The quantitative estimate of drug-likeness (QED) is 0.453. The molecule has 4 rings (SSSR count). The van der Waals surface area contributed by atoms with E-state index in [1.807, 2.05) is 43.3 Å². The molecule has 30 heavy (non-hydrogen) atoms. The zero-order valence-electron chi connectivity index (χ0n) is 16.1. The number of carbonyl (C=O) groups excluding carboxylic acids is 1. The minimum Gasteiger partial charge on any atom is -0.484 e. The lowest BCUT2D eigenvalue weighted by atomic mass is 10.2. The molecule has 0 saturated carbocycles. The third kappa shape index (κ3) is 4.67. The molecule has 150 valence electrons. The molecule has 3 aromatic carbocycles. The molecule has 1 amide bonds. The van der Waals surface area contributed by atoms with E-state index >= 15 is 0 Å². The first-order valence-electron chi connectivity index (χ1n) is 9.27. The van der Waals surface area contributed by atoms with Crippen molar-refractivity contribution in [2.45, 2.75) is 6.92 Å². The molecule has 0 fully saturated rings. The van der Waals surface area contributed by atoms with Gasteiger partial charge in [-0.3, -0.25) is 4.79 Å². The van der Waals surface area contributed by atoms with Crippen LogP contribution in [0.1, 0.15) is 5.56 Å². The van der Waals surface area contributed by atoms with Crippen molar-refractivity contribution in [3.8, 4) is 28.6 Å². The van der Waals surface area contributed by atoms with Crippen LogP contribution < -0.4 is 10.1 Å². The Morgan fingerprint density at radius 1 is 1.03 bits per heavy atom. The molecule has 0 spiro atoms. The van der Waals surface area contributed by atoms with Crippen molar-refractivity contribution in [2.24, 2.45) is 0 Å². The molecule has 1 aromatic heterocycles. The first-order chi connectivity index (χ1) is 14.6. The minimum atomic E-state index is -0.275. The number of nitrogens with one attached hydrogen (secondary N) is 1. The number of rotatable bonds is 6. The van der Waals surface area contributed by atoms with Gasteiger partial charge >= 0.3 is 0 Å². The van der Waals surface area contributed by atoms with Gasteiger partial charge in [0.25, 0.3) is 11.8 Å². The van der Waals surface area contributed by atoms with Gasteiger partial charge in [0, 0.05) is 21.8 Å². The van der Waals surface area contributed by atoms with Crippen LogP contribution in [0, 0.1) is 6.92 Å². The molecular weight excluding hydrogens is 402 g/mol. The molecule has 6 nitrogen and oxygen atoms in total. The van der Waals surface area contributed by atoms with Crippen LogP contribution in [0.2, 0.25) is 5.02 Å². The van der Waals surface area contributed by atoms with Crippen molar-refractivity contribution in [1.82, 2.24) is 10.1 Å². The largest absolute Gasteiger partial charge is 0.484 e. The smallest absolute Gasteiger partial charge is 0.262 e. The minimum absolute atomic E-state index is 0.121. The van der Waals surface area contributed by atoms with Crippen LogP contribution in [-0.4, -0.2) is 22.7 Å². The predicted octanol–water partition coefficient (Wildman–Crippen LogP) is 5.38. The summed E-state index contributed by atoms with van der Waals surface area (Å²) in [5.74, 6) is 1.22. The molecule has 1 N–H and O–H groups in total. The number of aryl methyl sites for hydroxylation is 1. The summed E-state index contributed by atoms with van der Waals surface area (Å²) < 4.78 is 10.9. The van der Waals surface area contributed by atoms with Crippen molar-refractivity contribution in [2.75, 3.05) is 11.9 Å². The number of carbonyl (C=O) groups is 1. The monoisotopic (exact) mass is 419 g/mol. The van der Waals surface area contributed by atoms with Gasteiger partial charge in [0.15, 0.2) is 6.61 Å². The summed E-state index contributed by atoms with van der Waals surface area (Å²) in [5, 5.41) is 7.37. The highest BCUT2D eigenvalue weighted by Gasteiger charge is 2.11. The van der Waals surface area contributed by atoms with E-state index < -0.39 is 0 Å². The summed E-state index contributed by atoms with van der Waals surface area (Å²) in [6.07, 6.45) is 0. The van der Waals surface area contributed by atoms with Gasteiger partial charge in [0.05, 0.1) is 0 Å². The molecule has 0 aliphatic carbocycles. The van der Waals surface area contributed by atoms with E-state index in [-0.39, 0.29) is 12.5 Å². The van der Waals surface area contributed by atoms with E-state index in [0.29, 0.717) is 28.2 Å². The number of amides is 1. The Kier molecular flexibility index (Phi) is 5.77. The second-order valence-electron chi connectivity index (χ2n) is 6.61. The van der Waals surface area contributed by atoms with E-state index in [4.69, 9.17) is 20.9 Å². The van der Waals surface area contributed by atoms with Crippen LogP contribution in [-0.2, 0) is 4.79 Å². The highest BCUT2D eigenvalue weighted by Crippen LogP contribution is 2.24. The van der Waals surface area contributed by atoms with Crippen molar-refractivity contribution >= 4 is 23.2 Å². The highest BCUT2D eigenvalue weighted by atomic mass is 35.5. The van der Waals surface area contributed by atoms with E-state index in [0.717, 1.165) is 16.7 Å². The maximum atomic E-state index is 12.1. The molecule has 4 aromatic rings. The maximum Gasteiger partial charge on any atom is 0.262 e. The number of nitrogens with zero attached hydrogens (tertiary/aromatic N) is 2. The maximum absolute atomic E-state index is 12.1. The third-order valence-corrected chi connectivity index (χ3v) is 4.79. The summed E-state index contributed by atoms with van der Waals surface area (Å²) in [5.41, 5.74) is 3.22. The first-order valence-corrected chi connectivity index (χ1v) is 9.65. The summed E-state index contributed by atoms with van der Waals surface area (Å²) in [6.45, 7) is 1.78. The third-order valence-electron chi connectivity index (χ3n) is 4.38. The molecule has 0 atom stereocenters. The number of hydrogen-bond acceptors (Lipinski definition) is 5. The fourth-order valence-corrected chi connectivity index (χ4v) is 2.94. The molecule has 0 aliphatic heterocycles. The van der Waals surface area contributed by atoms with Crippen molar-refractivity contribution in [1.29, 1.82) is 0 Å². The number of hydrogen-bond donors (Lipinski definition) is 1. The van der Waals surface area contributed by atoms with Crippen LogP contribution >= 0.6 is 11.6 Å². The van der Waals surface area contributed by atoms with Gasteiger partial charge in [-0.2, -0.15) is 4.98 Å². The van der Waals surface area contributed by atoms with E-state index in [1.54, 1.807) is 36.4 Å². The average molecular weight is 420 g/mol. The van der Waals surface area contributed by atoms with Crippen LogP contribution in [0.25, 0.3) is 22.8 Å². The van der Waals surface area contributed by atoms with Gasteiger partial charge in [-0.1, -0.05) is 53.2 Å². The van der Waals surface area contributed by atoms with Crippen LogP contribution in [0.5, 0.6) is 5.75 Å². The second-order valence-corrected chi connectivity index (χ2v) is 7.02. The number of aromatic nitrogens is 2. The van der Waals surface area contributed by atoms with Gasteiger partial charge in [0.2, 0.25) is 5.82 Å². The second kappa shape index (κ2) is 8.80. The summed E-state index contributed by atoms with van der Waals surface area (Å²) in [4.78, 5) is 16.5. The van der Waals surface area contributed by atoms with E-state index in [2.05, 4.69) is 15.5 Å². The summed E-state index contributed by atoms with van der Waals surface area (Å²) in [7, 11) is 0. The lowest BCUT2D eigenvalue weighted by Gasteiger charge is -2.08. The Balaban J connectivity index is 1.35. The van der Waals surface area contributed by atoms with Crippen molar-refractivity contribution < 1.29 is 14.1 Å². The molecule has 1 heterocycles. The Labute approximate surface area is 178 Å². The number of ether oxygens (including phenoxy) is 1. The van der Waals surface area contributed by atoms with Gasteiger partial charge in [-0.05, 0) is 48.9 Å². The van der Waals surface area contributed by atoms with Crippen LogP contribution in [0.3, 0.4) is 0 Å². The molecule has 0 radical (unpaired) electrons. The fraction of sp³-hybridized carbons (Fsp3) is 0.0870. The predicted molar refractivity (Wildman–Crippen MR) is 115 cm³/mol. The van der Waals surface area contributed by atoms with Gasteiger partial charge < -0.3 is 14.6 Å². The molecular formula is C23H18ClN3O3. The molecule has 7 heteroatoms. The SMILES string of the molecule is Cc1ccc(NC(=O)COc2ccc(-c3nc(-c4ccccc4)no3)cc2)cc1Cl. The van der Waals surface area contributed by atoms with Crippen molar-refractivity contribution in [3.63, 3.8) is 0 Å². The van der Waals surface area contributed by atoms with E-state index in [1.165, 1.54) is 0 Å². The topological polar surface area (TPSA) is 77.2 Å². The number of benzene rings is 3. The molecule has 0 bridgehead atoms. The standard InChI is InChI=1S/C23H18ClN3O3/c1-15-7-10-18(13-20(15)24)25-21(28)14-29-19-11-8-17(9-12-19)23-26-22(27-30-23)16-5-3-2-4-6-16/h2-13H,14H2,1H3,(H,25,28). The molecule has 0 aliphatic rings. The Hall–Kier alpha value is -3.64. The number of anilines is 1. The van der Waals surface area contributed by atoms with Crippen LogP contribution in [0.4, 0.5) is 5.69 Å². The zero-order chi connectivity index (χ0) is 20.9. The normalized spacial score (nSPS) is 10.6. The van der Waals surface area contributed by atoms with Crippen molar-refractivity contribution in [3.05, 3.63) is 83.4 Å². The van der Waals surface area contributed by atoms with Crippen LogP contribution in [0.15, 0.2) is 77.3 Å². The van der Waals surface area contributed by atoms with Gasteiger partial charge in [-0.15, -0.1) is 0 Å². The Morgan fingerprint density at radius 3 is 2.53 bits per heavy atom. The van der Waals surface area contributed by atoms with Gasteiger partial charge in [-0.25, -0.2) is 0 Å². The average Bonchev–Trinajstić information content (AvgIpc) is 3.26. The summed E-state index contributed by atoms with van der Waals surface area (Å²) >= 11 is 6.07. The van der Waals surface area contributed by atoms with E-state index in [9.17, 15) is 4.79 Å². The highest BCUT2D eigenvalue weighted by molar-refractivity contribution is 6.31. The molecule has 0 saturated heterocycles. The summed E-state index contributed by atoms with van der Waals surface area (Å²) in [6, 6.07) is 22.0.